The molecule has 2 aromatic carbocycles. The highest BCUT2D eigenvalue weighted by Crippen LogP contribution is 2.44. The van der Waals surface area contributed by atoms with Crippen molar-refractivity contribution in [1.82, 2.24) is 4.90 Å². The fraction of sp³-hybridized carbons (Fsp3) is 0.300. The number of fused-ring (bicyclic) bond motifs is 1. The van der Waals surface area contributed by atoms with Crippen molar-refractivity contribution in [3.8, 4) is 11.5 Å². The van der Waals surface area contributed by atoms with Crippen molar-refractivity contribution in [2.75, 3.05) is 32.9 Å². The Morgan fingerprint density at radius 3 is 2.68 bits per heavy atom. The molecule has 0 radical (unpaired) electrons. The van der Waals surface area contributed by atoms with Crippen molar-refractivity contribution >= 4 is 5.69 Å². The van der Waals surface area contributed by atoms with Crippen molar-refractivity contribution in [1.29, 1.82) is 0 Å². The lowest BCUT2D eigenvalue weighted by molar-refractivity contribution is -0.384. The van der Waals surface area contributed by atoms with Crippen LogP contribution in [-0.4, -0.2) is 42.7 Å². The van der Waals surface area contributed by atoms with Crippen LogP contribution in [0, 0.1) is 15.9 Å². The van der Waals surface area contributed by atoms with E-state index in [1.807, 2.05) is 6.08 Å². The Bertz CT molecular complexity index is 894. The Balaban J connectivity index is 1.57. The van der Waals surface area contributed by atoms with Crippen molar-refractivity contribution in [3.63, 3.8) is 0 Å². The number of rotatable bonds is 5. The summed E-state index contributed by atoms with van der Waals surface area (Å²) < 4.78 is 30.1. The van der Waals surface area contributed by atoms with Gasteiger partial charge in [-0.15, -0.1) is 0 Å². The maximum atomic E-state index is 13.0. The minimum Gasteiger partial charge on any atom is -0.489 e. The molecule has 1 saturated heterocycles. The Hall–Kier alpha value is -2.97. The minimum absolute atomic E-state index is 0.0319. The summed E-state index contributed by atoms with van der Waals surface area (Å²) in [5.74, 6) is 1.50. The molecule has 0 bridgehead atoms. The number of morpholine rings is 1. The third kappa shape index (κ3) is 3.83. The third-order valence-electron chi connectivity index (χ3n) is 4.76. The zero-order valence-corrected chi connectivity index (χ0v) is 15.0. The highest BCUT2D eigenvalue weighted by molar-refractivity contribution is 5.51. The van der Waals surface area contributed by atoms with Crippen molar-refractivity contribution < 1.29 is 23.5 Å². The molecule has 0 aliphatic carbocycles. The largest absolute Gasteiger partial charge is 0.489 e. The van der Waals surface area contributed by atoms with E-state index in [-0.39, 0.29) is 24.2 Å². The molecular weight excluding hydrogens is 367 g/mol. The van der Waals surface area contributed by atoms with Crippen LogP contribution in [0.5, 0.6) is 11.5 Å². The number of hydrogen-bond donors (Lipinski definition) is 0. The van der Waals surface area contributed by atoms with E-state index >= 15 is 0 Å². The van der Waals surface area contributed by atoms with Gasteiger partial charge < -0.3 is 14.2 Å². The standard InChI is InChI=1S/C20H19FN2O5/c21-14-1-4-16(5-2-14)27-10-7-19-20(22-8-11-26-12-9-22)17-13-15(23(24)25)3-6-18(17)28-19/h1-7,13,20H,8-12H2/b19-7+. The molecular formula is C20H19FN2O5. The number of nitrogens with zero attached hydrogens (tertiary/aromatic N) is 2. The van der Waals surface area contributed by atoms with Crippen LogP contribution in [0.2, 0.25) is 0 Å². The molecule has 0 saturated carbocycles. The van der Waals surface area contributed by atoms with E-state index in [1.165, 1.54) is 18.2 Å². The first-order chi connectivity index (χ1) is 13.6. The van der Waals surface area contributed by atoms with Gasteiger partial charge in [-0.25, -0.2) is 4.39 Å². The number of benzene rings is 2. The minimum atomic E-state index is -0.407. The monoisotopic (exact) mass is 386 g/mol. The molecule has 2 aromatic rings. The lowest BCUT2D eigenvalue weighted by Crippen LogP contribution is -2.39. The lowest BCUT2D eigenvalue weighted by Gasteiger charge is -2.32. The first kappa shape index (κ1) is 18.4. The number of nitro groups is 1. The van der Waals surface area contributed by atoms with Gasteiger partial charge in [-0.2, -0.15) is 0 Å². The van der Waals surface area contributed by atoms with Gasteiger partial charge in [-0.1, -0.05) is 0 Å². The summed E-state index contributed by atoms with van der Waals surface area (Å²) in [4.78, 5) is 13.0. The van der Waals surface area contributed by atoms with E-state index < -0.39 is 4.92 Å². The smallest absolute Gasteiger partial charge is 0.270 e. The number of nitro benzene ring substituents is 1. The summed E-state index contributed by atoms with van der Waals surface area (Å²) in [6.45, 7) is 2.83. The average molecular weight is 386 g/mol. The topological polar surface area (TPSA) is 74.1 Å². The van der Waals surface area contributed by atoms with Crippen LogP contribution < -0.4 is 9.47 Å². The van der Waals surface area contributed by atoms with Crippen LogP contribution in [0.4, 0.5) is 10.1 Å². The predicted molar refractivity (Wildman–Crippen MR) is 98.8 cm³/mol. The second kappa shape index (κ2) is 7.95. The summed E-state index contributed by atoms with van der Waals surface area (Å²) in [6.07, 6.45) is 1.81. The van der Waals surface area contributed by atoms with E-state index in [0.29, 0.717) is 43.6 Å². The van der Waals surface area contributed by atoms with Crippen LogP contribution in [0.3, 0.4) is 0 Å². The number of halogens is 1. The van der Waals surface area contributed by atoms with Crippen LogP contribution in [0.1, 0.15) is 11.6 Å². The van der Waals surface area contributed by atoms with E-state index in [1.54, 1.807) is 24.3 Å². The third-order valence-corrected chi connectivity index (χ3v) is 4.76. The number of hydrogen-bond acceptors (Lipinski definition) is 6. The summed E-state index contributed by atoms with van der Waals surface area (Å²) in [6, 6.07) is 10.2. The van der Waals surface area contributed by atoms with Crippen molar-refractivity contribution in [3.05, 3.63) is 75.8 Å². The SMILES string of the molecule is O=[N+]([O-])c1ccc2c(c1)C(N1CCOCC1)/C(=C\COc1ccc(F)cc1)O2. The van der Waals surface area contributed by atoms with E-state index in [4.69, 9.17) is 14.2 Å². The quantitative estimate of drug-likeness (QED) is 0.579. The summed E-state index contributed by atoms with van der Waals surface area (Å²) in [5.41, 5.74) is 0.800. The fourth-order valence-electron chi connectivity index (χ4n) is 3.41. The normalized spacial score (nSPS) is 20.6. The zero-order valence-electron chi connectivity index (χ0n) is 15.0. The van der Waals surface area contributed by atoms with E-state index in [0.717, 1.165) is 5.56 Å². The summed E-state index contributed by atoms with van der Waals surface area (Å²) >= 11 is 0. The number of ether oxygens (including phenoxy) is 3. The van der Waals surface area contributed by atoms with Crippen molar-refractivity contribution in [2.24, 2.45) is 0 Å². The molecule has 1 fully saturated rings. The second-order valence-corrected chi connectivity index (χ2v) is 6.50. The van der Waals surface area contributed by atoms with Crippen molar-refractivity contribution in [2.45, 2.75) is 6.04 Å². The van der Waals surface area contributed by atoms with Gasteiger partial charge >= 0.3 is 0 Å². The van der Waals surface area contributed by atoms with Gasteiger partial charge in [0.15, 0.2) is 0 Å². The van der Waals surface area contributed by atoms with E-state index in [9.17, 15) is 14.5 Å². The molecule has 0 spiro atoms. The first-order valence-corrected chi connectivity index (χ1v) is 8.98. The van der Waals surface area contributed by atoms with Crippen LogP contribution in [0.25, 0.3) is 0 Å². The molecule has 0 amide bonds. The first-order valence-electron chi connectivity index (χ1n) is 8.98. The van der Waals surface area contributed by atoms with E-state index in [2.05, 4.69) is 4.90 Å². The predicted octanol–water partition coefficient (Wildman–Crippen LogP) is 3.46. The van der Waals surface area contributed by atoms with Gasteiger partial charge in [0.05, 0.1) is 24.2 Å². The maximum absolute atomic E-state index is 13.0. The highest BCUT2D eigenvalue weighted by atomic mass is 19.1. The molecule has 28 heavy (non-hydrogen) atoms. The molecule has 0 aromatic heterocycles. The Morgan fingerprint density at radius 1 is 1.21 bits per heavy atom. The summed E-state index contributed by atoms with van der Waals surface area (Å²) in [5, 5.41) is 11.2. The molecule has 2 heterocycles. The molecule has 1 unspecified atom stereocenters. The van der Waals surface area contributed by atoms with Crippen LogP contribution in [-0.2, 0) is 4.74 Å². The highest BCUT2D eigenvalue weighted by Gasteiger charge is 2.36. The fourth-order valence-corrected chi connectivity index (χ4v) is 3.41. The Labute approximate surface area is 161 Å². The molecule has 2 aliphatic heterocycles. The van der Waals surface area contributed by atoms with Gasteiger partial charge in [-0.3, -0.25) is 15.0 Å². The second-order valence-electron chi connectivity index (χ2n) is 6.50. The zero-order chi connectivity index (χ0) is 19.5. The molecule has 146 valence electrons. The molecule has 0 N–H and O–H groups in total. The molecule has 1 atom stereocenters. The molecule has 8 heteroatoms. The lowest BCUT2D eigenvalue weighted by atomic mass is 10.0. The average Bonchev–Trinajstić information content (AvgIpc) is 3.07. The summed E-state index contributed by atoms with van der Waals surface area (Å²) in [7, 11) is 0. The van der Waals surface area contributed by atoms with Crippen LogP contribution in [0.15, 0.2) is 54.3 Å². The van der Waals surface area contributed by atoms with Gasteiger partial charge in [0.25, 0.3) is 5.69 Å². The molecule has 7 nitrogen and oxygen atoms in total. The Morgan fingerprint density at radius 2 is 1.96 bits per heavy atom. The Kier molecular flexibility index (Phi) is 5.23. The van der Waals surface area contributed by atoms with Crippen LogP contribution >= 0.6 is 0 Å². The van der Waals surface area contributed by atoms with Gasteiger partial charge in [0.2, 0.25) is 0 Å². The maximum Gasteiger partial charge on any atom is 0.270 e. The molecule has 4 rings (SSSR count). The van der Waals surface area contributed by atoms with Gasteiger partial charge in [0, 0.05) is 30.8 Å². The number of non-ortho nitro benzene ring substituents is 1. The molecule has 2 aliphatic rings. The van der Waals surface area contributed by atoms with Gasteiger partial charge in [-0.05, 0) is 36.4 Å². The van der Waals surface area contributed by atoms with Gasteiger partial charge in [0.1, 0.15) is 29.7 Å².